The molecule has 0 unspecified atom stereocenters. The minimum absolute atomic E-state index is 0.0182. The Morgan fingerprint density at radius 2 is 2.20 bits per heavy atom. The Morgan fingerprint density at radius 1 is 1.60 bits per heavy atom. The second-order valence-corrected chi connectivity index (χ2v) is 2.19. The Balaban J connectivity index is 3.27. The van der Waals surface area contributed by atoms with Gasteiger partial charge in [-0.25, -0.2) is 0 Å². The van der Waals surface area contributed by atoms with Gasteiger partial charge in [0.2, 0.25) is 6.54 Å². The van der Waals surface area contributed by atoms with Crippen LogP contribution in [0.3, 0.4) is 0 Å². The average Bonchev–Trinajstić information content (AvgIpc) is 1.79. The van der Waals surface area contributed by atoms with Gasteiger partial charge in [0.25, 0.3) is 0 Å². The minimum atomic E-state index is -0.319. The van der Waals surface area contributed by atoms with E-state index in [1.807, 2.05) is 25.2 Å². The van der Waals surface area contributed by atoms with E-state index in [2.05, 4.69) is 0 Å². The van der Waals surface area contributed by atoms with E-state index in [-0.39, 0.29) is 11.5 Å². The van der Waals surface area contributed by atoms with Crippen LogP contribution in [0.1, 0.15) is 6.42 Å². The van der Waals surface area contributed by atoms with E-state index in [0.717, 1.165) is 0 Å². The molecular formula is C6H12N2O2. The van der Waals surface area contributed by atoms with Gasteiger partial charge in [0.05, 0.1) is 0 Å². The maximum absolute atomic E-state index is 9.80. The van der Waals surface area contributed by atoms with Crippen molar-refractivity contribution in [1.29, 1.82) is 0 Å². The smallest absolute Gasteiger partial charge is 0.207 e. The van der Waals surface area contributed by atoms with Gasteiger partial charge in [-0.05, 0) is 6.20 Å². The predicted molar refractivity (Wildman–Crippen MR) is 39.3 cm³/mol. The Hall–Kier alpha value is -1.06. The number of nitrogens with zero attached hydrogens (tertiary/aromatic N) is 2. The maximum Gasteiger partial charge on any atom is 0.207 e. The van der Waals surface area contributed by atoms with Gasteiger partial charge in [-0.2, -0.15) is 0 Å². The fourth-order valence-corrected chi connectivity index (χ4v) is 0.465. The third-order valence-corrected chi connectivity index (χ3v) is 0.882. The monoisotopic (exact) mass is 144 g/mol. The van der Waals surface area contributed by atoms with Crippen molar-refractivity contribution in [3.8, 4) is 0 Å². The molecule has 0 aromatic carbocycles. The summed E-state index contributed by atoms with van der Waals surface area (Å²) in [5.74, 6) is 0. The molecule has 0 N–H and O–H groups in total. The van der Waals surface area contributed by atoms with Crippen LogP contribution in [-0.4, -0.2) is 30.5 Å². The summed E-state index contributed by atoms with van der Waals surface area (Å²) in [6.07, 6.45) is 4.09. The lowest BCUT2D eigenvalue weighted by Gasteiger charge is -2.01. The van der Waals surface area contributed by atoms with Crippen molar-refractivity contribution in [3.63, 3.8) is 0 Å². The van der Waals surface area contributed by atoms with Gasteiger partial charge < -0.3 is 4.90 Å². The molecule has 0 radical (unpaired) electrons. The van der Waals surface area contributed by atoms with Crippen LogP contribution in [0, 0.1) is 10.1 Å². The summed E-state index contributed by atoms with van der Waals surface area (Å²) in [5, 5.41) is 9.80. The third-order valence-electron chi connectivity index (χ3n) is 0.882. The Kier molecular flexibility index (Phi) is 4.28. The van der Waals surface area contributed by atoms with Gasteiger partial charge in [-0.3, -0.25) is 10.1 Å². The van der Waals surface area contributed by atoms with Gasteiger partial charge in [0.1, 0.15) is 0 Å². The zero-order valence-electron chi connectivity index (χ0n) is 6.28. The summed E-state index contributed by atoms with van der Waals surface area (Å²) in [4.78, 5) is 11.3. The zero-order valence-corrected chi connectivity index (χ0v) is 6.28. The molecule has 0 spiro atoms. The molecule has 0 atom stereocenters. The molecule has 0 aliphatic rings. The highest BCUT2D eigenvalue weighted by Crippen LogP contribution is 1.84. The van der Waals surface area contributed by atoms with Gasteiger partial charge in [0, 0.05) is 25.4 Å². The number of hydrogen-bond donors (Lipinski definition) is 0. The Bertz CT molecular complexity index is 132. The van der Waals surface area contributed by atoms with Crippen LogP contribution in [0.25, 0.3) is 0 Å². The van der Waals surface area contributed by atoms with E-state index in [1.165, 1.54) is 0 Å². The molecule has 58 valence electrons. The number of rotatable bonds is 4. The molecule has 0 aliphatic carbocycles. The van der Waals surface area contributed by atoms with Crippen LogP contribution < -0.4 is 0 Å². The summed E-state index contributed by atoms with van der Waals surface area (Å²) < 4.78 is 0. The molecule has 0 aromatic rings. The summed E-state index contributed by atoms with van der Waals surface area (Å²) in [5.41, 5.74) is 0. The Labute approximate surface area is 60.3 Å². The lowest BCUT2D eigenvalue weighted by Crippen LogP contribution is -2.02. The summed E-state index contributed by atoms with van der Waals surface area (Å²) >= 11 is 0. The van der Waals surface area contributed by atoms with E-state index in [0.29, 0.717) is 6.42 Å². The molecule has 0 bridgehead atoms. The van der Waals surface area contributed by atoms with E-state index < -0.39 is 0 Å². The lowest BCUT2D eigenvalue weighted by molar-refractivity contribution is -0.478. The van der Waals surface area contributed by atoms with Crippen molar-refractivity contribution in [3.05, 3.63) is 22.4 Å². The highest BCUT2D eigenvalue weighted by Gasteiger charge is 1.90. The van der Waals surface area contributed by atoms with Crippen molar-refractivity contribution in [1.82, 2.24) is 4.90 Å². The first-order valence-electron chi connectivity index (χ1n) is 3.08. The molecule has 0 aliphatic heterocycles. The zero-order chi connectivity index (χ0) is 7.98. The van der Waals surface area contributed by atoms with Gasteiger partial charge in [-0.1, -0.05) is 6.08 Å². The van der Waals surface area contributed by atoms with Crippen LogP contribution in [0.2, 0.25) is 0 Å². The molecule has 4 heteroatoms. The van der Waals surface area contributed by atoms with Crippen molar-refractivity contribution < 1.29 is 4.92 Å². The summed E-state index contributed by atoms with van der Waals surface area (Å²) in [6, 6.07) is 0. The first kappa shape index (κ1) is 8.94. The highest BCUT2D eigenvalue weighted by molar-refractivity contribution is 4.78. The SMILES string of the molecule is CN(C)/C=C/CC[N+](=O)[O-]. The largest absolute Gasteiger partial charge is 0.384 e. The second kappa shape index (κ2) is 4.78. The average molecular weight is 144 g/mol. The normalized spacial score (nSPS) is 10.2. The fraction of sp³-hybridized carbons (Fsp3) is 0.667. The van der Waals surface area contributed by atoms with Crippen molar-refractivity contribution in [2.75, 3.05) is 20.6 Å². The third kappa shape index (κ3) is 6.94. The summed E-state index contributed by atoms with van der Waals surface area (Å²) in [7, 11) is 3.76. The van der Waals surface area contributed by atoms with Gasteiger partial charge in [-0.15, -0.1) is 0 Å². The first-order valence-corrected chi connectivity index (χ1v) is 3.08. The number of nitro groups is 1. The standard InChI is InChI=1S/C6H12N2O2/c1-7(2)5-3-4-6-8(9)10/h3,5H,4,6H2,1-2H3/b5-3+. The van der Waals surface area contributed by atoms with E-state index in [4.69, 9.17) is 0 Å². The first-order chi connectivity index (χ1) is 4.63. The van der Waals surface area contributed by atoms with Gasteiger partial charge in [0.15, 0.2) is 0 Å². The summed E-state index contributed by atoms with van der Waals surface area (Å²) in [6.45, 7) is 0.0182. The van der Waals surface area contributed by atoms with Crippen LogP contribution in [-0.2, 0) is 0 Å². The van der Waals surface area contributed by atoms with Crippen LogP contribution >= 0.6 is 0 Å². The van der Waals surface area contributed by atoms with E-state index in [1.54, 1.807) is 6.08 Å². The Morgan fingerprint density at radius 3 is 2.60 bits per heavy atom. The number of hydrogen-bond acceptors (Lipinski definition) is 3. The maximum atomic E-state index is 9.80. The molecule has 0 aromatic heterocycles. The topological polar surface area (TPSA) is 46.4 Å². The molecule has 0 fully saturated rings. The predicted octanol–water partition coefficient (Wildman–Crippen LogP) is 0.728. The quantitative estimate of drug-likeness (QED) is 0.431. The lowest BCUT2D eigenvalue weighted by atomic mass is 10.4. The molecule has 0 rings (SSSR count). The van der Waals surface area contributed by atoms with Crippen molar-refractivity contribution in [2.24, 2.45) is 0 Å². The van der Waals surface area contributed by atoms with Crippen LogP contribution in [0.15, 0.2) is 12.3 Å². The molecular weight excluding hydrogens is 132 g/mol. The molecule has 10 heavy (non-hydrogen) atoms. The van der Waals surface area contributed by atoms with Crippen molar-refractivity contribution in [2.45, 2.75) is 6.42 Å². The molecule has 0 amide bonds. The second-order valence-electron chi connectivity index (χ2n) is 2.19. The molecule has 0 heterocycles. The van der Waals surface area contributed by atoms with Crippen LogP contribution in [0.4, 0.5) is 0 Å². The molecule has 4 nitrogen and oxygen atoms in total. The molecule has 0 saturated carbocycles. The van der Waals surface area contributed by atoms with E-state index >= 15 is 0 Å². The fourth-order valence-electron chi connectivity index (χ4n) is 0.465. The van der Waals surface area contributed by atoms with Crippen LogP contribution in [0.5, 0.6) is 0 Å². The molecule has 0 saturated heterocycles. The minimum Gasteiger partial charge on any atom is -0.384 e. The van der Waals surface area contributed by atoms with E-state index in [9.17, 15) is 10.1 Å². The van der Waals surface area contributed by atoms with Crippen molar-refractivity contribution >= 4 is 0 Å². The highest BCUT2D eigenvalue weighted by atomic mass is 16.6. The van der Waals surface area contributed by atoms with Gasteiger partial charge >= 0.3 is 0 Å².